The van der Waals surface area contributed by atoms with E-state index < -0.39 is 5.91 Å². The summed E-state index contributed by atoms with van der Waals surface area (Å²) in [6.45, 7) is 4.10. The van der Waals surface area contributed by atoms with Crippen molar-refractivity contribution >= 4 is 34.3 Å². The number of hydrogen-bond donors (Lipinski definition) is 2. The molecule has 2 aromatic rings. The molecule has 29 heavy (non-hydrogen) atoms. The van der Waals surface area contributed by atoms with E-state index >= 15 is 0 Å². The quantitative estimate of drug-likeness (QED) is 0.781. The predicted octanol–water partition coefficient (Wildman–Crippen LogP) is 2.72. The fraction of sp³-hybridized carbons (Fsp3) is 0.571. The molecule has 0 unspecified atom stereocenters. The number of aromatic amines is 1. The van der Waals surface area contributed by atoms with Gasteiger partial charge >= 0.3 is 0 Å². The molecule has 0 saturated carbocycles. The van der Waals surface area contributed by atoms with Gasteiger partial charge in [-0.25, -0.2) is 0 Å². The molecule has 0 spiro atoms. The van der Waals surface area contributed by atoms with Crippen LogP contribution >= 0.6 is 11.6 Å². The zero-order valence-corrected chi connectivity index (χ0v) is 17.4. The van der Waals surface area contributed by atoms with E-state index in [-0.39, 0.29) is 11.6 Å². The summed E-state index contributed by atoms with van der Waals surface area (Å²) >= 11 is 6.30. The number of piperidine rings is 2. The topological polar surface area (TPSA) is 95.3 Å². The van der Waals surface area contributed by atoms with Gasteiger partial charge < -0.3 is 15.5 Å². The standard InChI is InChI=1S/C21H28ClN5O2/c22-17-13-14(12-16-19(17)24-25-20(16)21(23)29)4-5-18(28)27-10-6-15(7-11-27)26-8-2-1-3-9-26/h12-13,15H,1-11H2,(H2,23,29)(H,24,25). The first-order chi connectivity index (χ1) is 14.0. The fourth-order valence-corrected chi connectivity index (χ4v) is 4.92. The maximum Gasteiger partial charge on any atom is 0.267 e. The van der Waals surface area contributed by atoms with Crippen LogP contribution in [0.3, 0.4) is 0 Å². The first-order valence-corrected chi connectivity index (χ1v) is 10.9. The van der Waals surface area contributed by atoms with Crippen molar-refractivity contribution in [3.63, 3.8) is 0 Å². The third-order valence-electron chi connectivity index (χ3n) is 6.27. The van der Waals surface area contributed by atoms with Crippen molar-refractivity contribution in [3.05, 3.63) is 28.4 Å². The van der Waals surface area contributed by atoms with Crippen LogP contribution in [-0.2, 0) is 11.2 Å². The molecular formula is C21H28ClN5O2. The van der Waals surface area contributed by atoms with E-state index in [0.717, 1.165) is 31.5 Å². The lowest BCUT2D eigenvalue weighted by molar-refractivity contribution is -0.132. The lowest BCUT2D eigenvalue weighted by Crippen LogP contribution is -2.48. The summed E-state index contributed by atoms with van der Waals surface area (Å²) in [4.78, 5) is 28.9. The van der Waals surface area contributed by atoms with Crippen LogP contribution in [0.15, 0.2) is 12.1 Å². The van der Waals surface area contributed by atoms with Crippen LogP contribution in [-0.4, -0.2) is 64.0 Å². The van der Waals surface area contributed by atoms with Gasteiger partial charge in [0.2, 0.25) is 5.91 Å². The molecule has 1 aromatic heterocycles. The second-order valence-corrected chi connectivity index (χ2v) is 8.55. The minimum atomic E-state index is -0.576. The van der Waals surface area contributed by atoms with Gasteiger partial charge in [0, 0.05) is 30.9 Å². The van der Waals surface area contributed by atoms with Crippen LogP contribution < -0.4 is 5.73 Å². The van der Waals surface area contributed by atoms with Crippen LogP contribution in [0.5, 0.6) is 0 Å². The predicted molar refractivity (Wildman–Crippen MR) is 113 cm³/mol. The van der Waals surface area contributed by atoms with Crippen molar-refractivity contribution in [2.24, 2.45) is 5.73 Å². The van der Waals surface area contributed by atoms with Gasteiger partial charge in [-0.1, -0.05) is 18.0 Å². The van der Waals surface area contributed by atoms with Crippen molar-refractivity contribution in [3.8, 4) is 0 Å². The summed E-state index contributed by atoms with van der Waals surface area (Å²) in [7, 11) is 0. The highest BCUT2D eigenvalue weighted by atomic mass is 35.5. The monoisotopic (exact) mass is 417 g/mol. The number of H-pyrrole nitrogens is 1. The molecule has 4 rings (SSSR count). The third-order valence-corrected chi connectivity index (χ3v) is 6.56. The average Bonchev–Trinajstić information content (AvgIpc) is 3.18. The van der Waals surface area contributed by atoms with Crippen LogP contribution in [0.25, 0.3) is 10.9 Å². The van der Waals surface area contributed by atoms with Gasteiger partial charge in [-0.2, -0.15) is 5.10 Å². The van der Waals surface area contributed by atoms with Gasteiger partial charge in [-0.3, -0.25) is 14.7 Å². The Hall–Kier alpha value is -2.12. The number of carbonyl (C=O) groups is 2. The summed E-state index contributed by atoms with van der Waals surface area (Å²) in [5, 5.41) is 7.76. The third kappa shape index (κ3) is 4.41. The van der Waals surface area contributed by atoms with Gasteiger partial charge in [-0.15, -0.1) is 0 Å². The molecule has 0 radical (unpaired) electrons. The molecular weight excluding hydrogens is 390 g/mol. The second-order valence-electron chi connectivity index (χ2n) is 8.15. The first-order valence-electron chi connectivity index (χ1n) is 10.5. The van der Waals surface area contributed by atoms with E-state index in [1.807, 2.05) is 17.0 Å². The highest BCUT2D eigenvalue weighted by Gasteiger charge is 2.27. The van der Waals surface area contributed by atoms with Crippen molar-refractivity contribution < 1.29 is 9.59 Å². The van der Waals surface area contributed by atoms with E-state index in [2.05, 4.69) is 15.1 Å². The summed E-state index contributed by atoms with van der Waals surface area (Å²) in [6.07, 6.45) is 7.11. The lowest BCUT2D eigenvalue weighted by atomic mass is 9.99. The van der Waals surface area contributed by atoms with Gasteiger partial charge in [0.1, 0.15) is 11.2 Å². The van der Waals surface area contributed by atoms with E-state index in [0.29, 0.717) is 34.8 Å². The highest BCUT2D eigenvalue weighted by molar-refractivity contribution is 6.35. The molecule has 3 N–H and O–H groups in total. The summed E-state index contributed by atoms with van der Waals surface area (Å²) in [5.41, 5.74) is 7.07. The number of amides is 2. The smallest absolute Gasteiger partial charge is 0.267 e. The Kier molecular flexibility index (Phi) is 6.06. The maximum absolute atomic E-state index is 12.7. The minimum Gasteiger partial charge on any atom is -0.364 e. The van der Waals surface area contributed by atoms with E-state index in [4.69, 9.17) is 17.3 Å². The van der Waals surface area contributed by atoms with E-state index in [1.165, 1.54) is 32.4 Å². The summed E-state index contributed by atoms with van der Waals surface area (Å²) in [5.74, 6) is -0.394. The Morgan fingerprint density at radius 3 is 2.55 bits per heavy atom. The fourth-order valence-electron chi connectivity index (χ4n) is 4.64. The lowest BCUT2D eigenvalue weighted by Gasteiger charge is -2.40. The number of aromatic nitrogens is 2. The molecule has 7 nitrogen and oxygen atoms in total. The number of nitrogens with one attached hydrogen (secondary N) is 1. The molecule has 0 aliphatic carbocycles. The number of nitrogens with zero attached hydrogens (tertiary/aromatic N) is 3. The minimum absolute atomic E-state index is 0.181. The van der Waals surface area contributed by atoms with Crippen LogP contribution in [0, 0.1) is 0 Å². The average molecular weight is 418 g/mol. The first kappa shape index (κ1) is 20.2. The summed E-state index contributed by atoms with van der Waals surface area (Å²) in [6, 6.07) is 4.29. The molecule has 2 aliphatic heterocycles. The van der Waals surface area contributed by atoms with Crippen molar-refractivity contribution in [1.29, 1.82) is 0 Å². The molecule has 0 atom stereocenters. The number of fused-ring (bicyclic) bond motifs is 1. The molecule has 1 aromatic carbocycles. The molecule has 156 valence electrons. The number of nitrogens with two attached hydrogens (primary N) is 1. The highest BCUT2D eigenvalue weighted by Crippen LogP contribution is 2.27. The Labute approximate surface area is 175 Å². The summed E-state index contributed by atoms with van der Waals surface area (Å²) < 4.78 is 0. The number of benzene rings is 1. The van der Waals surface area contributed by atoms with E-state index in [9.17, 15) is 9.59 Å². The second kappa shape index (κ2) is 8.71. The van der Waals surface area contributed by atoms with Crippen molar-refractivity contribution in [2.45, 2.75) is 51.0 Å². The molecule has 2 fully saturated rings. The van der Waals surface area contributed by atoms with Gasteiger partial charge in [0.15, 0.2) is 0 Å². The molecule has 8 heteroatoms. The normalized spacial score (nSPS) is 19.0. The van der Waals surface area contributed by atoms with Gasteiger partial charge in [-0.05, 0) is 62.9 Å². The van der Waals surface area contributed by atoms with Crippen LogP contribution in [0.4, 0.5) is 0 Å². The van der Waals surface area contributed by atoms with Crippen molar-refractivity contribution in [1.82, 2.24) is 20.0 Å². The Bertz CT molecular complexity index is 898. The van der Waals surface area contributed by atoms with E-state index in [1.54, 1.807) is 0 Å². The number of hydrogen-bond acceptors (Lipinski definition) is 4. The van der Waals surface area contributed by atoms with Crippen molar-refractivity contribution in [2.75, 3.05) is 26.2 Å². The molecule has 2 amide bonds. The molecule has 2 aliphatic rings. The zero-order valence-electron chi connectivity index (χ0n) is 16.6. The largest absolute Gasteiger partial charge is 0.364 e. The number of carbonyl (C=O) groups excluding carboxylic acids is 2. The van der Waals surface area contributed by atoms with Crippen LogP contribution in [0.1, 0.15) is 54.6 Å². The zero-order chi connectivity index (χ0) is 20.4. The number of primary amides is 1. The number of halogens is 1. The number of likely N-dealkylation sites (tertiary alicyclic amines) is 2. The number of aryl methyl sites for hydroxylation is 1. The van der Waals surface area contributed by atoms with Crippen LogP contribution in [0.2, 0.25) is 5.02 Å². The molecule has 0 bridgehead atoms. The van der Waals surface area contributed by atoms with Gasteiger partial charge in [0.05, 0.1) is 5.02 Å². The maximum atomic E-state index is 12.7. The Morgan fingerprint density at radius 1 is 1.14 bits per heavy atom. The SMILES string of the molecule is NC(=O)c1[nH]nc2c(Cl)cc(CCC(=O)N3CCC(N4CCCCC4)CC3)cc12. The van der Waals surface area contributed by atoms with Gasteiger partial charge in [0.25, 0.3) is 5.91 Å². The number of rotatable bonds is 5. The Balaban J connectivity index is 1.34. The molecule has 2 saturated heterocycles. The Morgan fingerprint density at radius 2 is 1.86 bits per heavy atom. The molecule has 3 heterocycles.